The van der Waals surface area contributed by atoms with Crippen molar-refractivity contribution >= 4 is 5.57 Å². The molecule has 0 saturated heterocycles. The van der Waals surface area contributed by atoms with Crippen LogP contribution in [0.25, 0.3) is 5.57 Å². The third-order valence-electron chi connectivity index (χ3n) is 2.92. The van der Waals surface area contributed by atoms with E-state index in [1.54, 1.807) is 36.4 Å². The Morgan fingerprint density at radius 1 is 1.06 bits per heavy atom. The average Bonchev–Trinajstić information content (AvgIpc) is 2.39. The van der Waals surface area contributed by atoms with Crippen LogP contribution in [0.4, 0.5) is 0 Å². The van der Waals surface area contributed by atoms with E-state index in [2.05, 4.69) is 0 Å². The predicted molar refractivity (Wildman–Crippen MR) is 64.9 cm³/mol. The summed E-state index contributed by atoms with van der Waals surface area (Å²) in [5.74, 6) is 0. The Morgan fingerprint density at radius 2 is 1.67 bits per heavy atom. The fourth-order valence-electron chi connectivity index (χ4n) is 2.00. The van der Waals surface area contributed by atoms with Gasteiger partial charge in [-0.1, -0.05) is 42.5 Å². The van der Waals surface area contributed by atoms with Crippen molar-refractivity contribution in [3.8, 4) is 0 Å². The molecule has 1 aliphatic rings. The Morgan fingerprint density at radius 3 is 2.22 bits per heavy atom. The van der Waals surface area contributed by atoms with Crippen LogP contribution >= 0.6 is 0 Å². The number of nitro groups is 2. The maximum Gasteiger partial charge on any atom is 0.488 e. The van der Waals surface area contributed by atoms with Crippen LogP contribution in [0.5, 0.6) is 0 Å². The normalized spacial score (nSPS) is 17.0. The van der Waals surface area contributed by atoms with Crippen molar-refractivity contribution in [2.45, 2.75) is 12.1 Å². The molecule has 0 spiro atoms. The molecule has 1 aliphatic carbocycles. The van der Waals surface area contributed by atoms with Crippen LogP contribution in [-0.4, -0.2) is 15.5 Å². The minimum Gasteiger partial charge on any atom is -0.258 e. The Labute approximate surface area is 103 Å². The van der Waals surface area contributed by atoms with Crippen LogP contribution in [0.15, 0.2) is 48.6 Å². The van der Waals surface area contributed by atoms with E-state index in [1.165, 1.54) is 12.2 Å². The molecule has 6 heteroatoms. The molecule has 0 fully saturated rings. The van der Waals surface area contributed by atoms with Gasteiger partial charge in [0.1, 0.15) is 21.8 Å². The van der Waals surface area contributed by atoms with Crippen LogP contribution in [0.2, 0.25) is 0 Å². The topological polar surface area (TPSA) is 86.3 Å². The molecule has 0 aromatic heterocycles. The lowest BCUT2D eigenvalue weighted by atomic mass is 9.87. The first-order valence-electron chi connectivity index (χ1n) is 5.31. The molecule has 0 amide bonds. The van der Waals surface area contributed by atoms with Crippen LogP contribution in [0, 0.1) is 20.2 Å². The molecule has 0 aliphatic heterocycles. The third kappa shape index (κ3) is 1.67. The number of hydrogen-bond donors (Lipinski definition) is 0. The largest absolute Gasteiger partial charge is 0.488 e. The maximum absolute atomic E-state index is 11.2. The Kier molecular flexibility index (Phi) is 2.93. The zero-order valence-corrected chi connectivity index (χ0v) is 9.35. The highest BCUT2D eigenvalue weighted by Gasteiger charge is 2.59. The summed E-state index contributed by atoms with van der Waals surface area (Å²) in [7, 11) is 0. The first kappa shape index (κ1) is 12.0. The zero-order valence-electron chi connectivity index (χ0n) is 9.35. The minimum atomic E-state index is -2.28. The molecule has 1 aromatic carbocycles. The van der Waals surface area contributed by atoms with Gasteiger partial charge < -0.3 is 0 Å². The predicted octanol–water partition coefficient (Wildman–Crippen LogP) is 2.28. The van der Waals surface area contributed by atoms with E-state index >= 15 is 0 Å². The van der Waals surface area contributed by atoms with Gasteiger partial charge in [0.05, 0.1) is 0 Å². The molecule has 0 atom stereocenters. The van der Waals surface area contributed by atoms with Gasteiger partial charge in [0, 0.05) is 0 Å². The van der Waals surface area contributed by atoms with Crippen molar-refractivity contribution in [3.05, 3.63) is 74.4 Å². The number of hydrogen-bond acceptors (Lipinski definition) is 4. The van der Waals surface area contributed by atoms with Gasteiger partial charge in [-0.05, 0) is 11.6 Å². The van der Waals surface area contributed by atoms with E-state index in [1.807, 2.05) is 0 Å². The molecule has 92 valence electrons. The molecular weight excluding hydrogens is 236 g/mol. The molecule has 18 heavy (non-hydrogen) atoms. The lowest BCUT2D eigenvalue weighted by Gasteiger charge is -2.20. The minimum absolute atomic E-state index is 0.112. The zero-order chi connectivity index (χ0) is 13.2. The van der Waals surface area contributed by atoms with E-state index in [0.29, 0.717) is 5.56 Å². The standard InChI is InChI=1S/C12H10N2O4/c15-13(16)12(14(17)18)9-5-4-8-11(12)10-6-2-1-3-7-10/h1-8H,9H2. The van der Waals surface area contributed by atoms with Gasteiger partial charge in [-0.2, -0.15) is 0 Å². The number of benzene rings is 1. The number of nitrogens with zero attached hydrogens (tertiary/aromatic N) is 2. The molecule has 6 nitrogen and oxygen atoms in total. The van der Waals surface area contributed by atoms with Crippen LogP contribution in [0.1, 0.15) is 12.0 Å². The molecule has 0 N–H and O–H groups in total. The first-order valence-corrected chi connectivity index (χ1v) is 5.31. The van der Waals surface area contributed by atoms with Crippen molar-refractivity contribution in [3.63, 3.8) is 0 Å². The third-order valence-corrected chi connectivity index (χ3v) is 2.92. The SMILES string of the molecule is O=[N+]([O-])C1([N+](=O)[O-])CC=CC=C1c1ccccc1. The summed E-state index contributed by atoms with van der Waals surface area (Å²) in [6.45, 7) is 0. The highest BCUT2D eigenvalue weighted by molar-refractivity contribution is 5.73. The second-order valence-electron chi connectivity index (χ2n) is 3.91. The van der Waals surface area contributed by atoms with Gasteiger partial charge in [-0.25, -0.2) is 0 Å². The first-order chi connectivity index (χ1) is 8.59. The van der Waals surface area contributed by atoms with Gasteiger partial charge in [-0.15, -0.1) is 0 Å². The van der Waals surface area contributed by atoms with Crippen LogP contribution < -0.4 is 0 Å². The van der Waals surface area contributed by atoms with Crippen molar-refractivity contribution in [2.24, 2.45) is 0 Å². The fraction of sp³-hybridized carbons (Fsp3) is 0.167. The Hall–Kier alpha value is -2.50. The quantitative estimate of drug-likeness (QED) is 0.465. The molecule has 0 heterocycles. The smallest absolute Gasteiger partial charge is 0.258 e. The average molecular weight is 246 g/mol. The highest BCUT2D eigenvalue weighted by Crippen LogP contribution is 2.36. The fourth-order valence-corrected chi connectivity index (χ4v) is 2.00. The highest BCUT2D eigenvalue weighted by atomic mass is 16.7. The molecule has 1 aromatic rings. The summed E-state index contributed by atoms with van der Waals surface area (Å²) >= 11 is 0. The summed E-state index contributed by atoms with van der Waals surface area (Å²) in [5.41, 5.74) is -1.67. The van der Waals surface area contributed by atoms with Crippen molar-refractivity contribution in [1.82, 2.24) is 0 Å². The molecular formula is C12H10N2O4. The monoisotopic (exact) mass is 246 g/mol. The molecule has 0 unspecified atom stereocenters. The summed E-state index contributed by atoms with van der Waals surface area (Å²) in [5, 5.41) is 22.4. The second kappa shape index (κ2) is 4.40. The second-order valence-corrected chi connectivity index (χ2v) is 3.91. The van der Waals surface area contributed by atoms with Gasteiger partial charge in [-0.3, -0.25) is 20.2 Å². The van der Waals surface area contributed by atoms with Crippen molar-refractivity contribution in [2.75, 3.05) is 0 Å². The molecule has 0 bridgehead atoms. The van der Waals surface area contributed by atoms with Crippen LogP contribution in [0.3, 0.4) is 0 Å². The maximum atomic E-state index is 11.2. The molecule has 0 radical (unpaired) electrons. The van der Waals surface area contributed by atoms with E-state index < -0.39 is 15.5 Å². The Bertz CT molecular complexity index is 534. The lowest BCUT2D eigenvalue weighted by Crippen LogP contribution is -2.47. The van der Waals surface area contributed by atoms with Gasteiger partial charge in [0.25, 0.3) is 0 Å². The van der Waals surface area contributed by atoms with Gasteiger partial charge in [0.15, 0.2) is 0 Å². The molecule has 0 saturated carbocycles. The lowest BCUT2D eigenvalue weighted by molar-refractivity contribution is -0.775. The van der Waals surface area contributed by atoms with Crippen LogP contribution in [-0.2, 0) is 0 Å². The number of rotatable bonds is 3. The van der Waals surface area contributed by atoms with E-state index in [0.717, 1.165) is 0 Å². The summed E-state index contributed by atoms with van der Waals surface area (Å²) < 4.78 is 0. The van der Waals surface area contributed by atoms with Gasteiger partial charge >= 0.3 is 5.66 Å². The Balaban J connectivity index is 2.61. The van der Waals surface area contributed by atoms with E-state index in [-0.39, 0.29) is 12.0 Å². The molecule has 2 rings (SSSR count). The van der Waals surface area contributed by atoms with E-state index in [9.17, 15) is 20.2 Å². The van der Waals surface area contributed by atoms with E-state index in [4.69, 9.17) is 0 Å². The van der Waals surface area contributed by atoms with Gasteiger partial charge in [0.2, 0.25) is 0 Å². The van der Waals surface area contributed by atoms with Crippen molar-refractivity contribution < 1.29 is 9.85 Å². The summed E-state index contributed by atoms with van der Waals surface area (Å²) in [6, 6.07) is 8.40. The summed E-state index contributed by atoms with van der Waals surface area (Å²) in [4.78, 5) is 20.7. The van der Waals surface area contributed by atoms with Crippen molar-refractivity contribution in [1.29, 1.82) is 0 Å². The summed E-state index contributed by atoms with van der Waals surface area (Å²) in [6.07, 6.45) is 4.24. The number of allylic oxidation sites excluding steroid dienone is 2.